The molecule has 1 aliphatic carbocycles. The first-order valence-corrected chi connectivity index (χ1v) is 12.9. The van der Waals surface area contributed by atoms with Crippen molar-refractivity contribution < 1.29 is 17.2 Å². The van der Waals surface area contributed by atoms with Crippen LogP contribution in [-0.2, 0) is 10.0 Å². The van der Waals surface area contributed by atoms with Crippen molar-refractivity contribution in [3.05, 3.63) is 30.1 Å². The van der Waals surface area contributed by atoms with Crippen molar-refractivity contribution >= 4 is 32.4 Å². The predicted molar refractivity (Wildman–Crippen MR) is 120 cm³/mol. The van der Waals surface area contributed by atoms with E-state index in [2.05, 4.69) is 24.7 Å². The molecule has 0 bridgehead atoms. The number of nitrogens with two attached hydrogens (primary N) is 1. The number of sulfonamides is 1. The van der Waals surface area contributed by atoms with Gasteiger partial charge < -0.3 is 16.4 Å². The van der Waals surface area contributed by atoms with E-state index in [1.54, 1.807) is 0 Å². The van der Waals surface area contributed by atoms with E-state index in [1.165, 1.54) is 19.3 Å². The zero-order chi connectivity index (χ0) is 22.9. The summed E-state index contributed by atoms with van der Waals surface area (Å²) in [5.74, 6) is -1.26. The number of nitrogens with one attached hydrogen (secondary N) is 3. The highest BCUT2D eigenvalue weighted by Gasteiger charge is 2.47. The molecular weight excluding hydrogens is 458 g/mol. The van der Waals surface area contributed by atoms with E-state index in [0.717, 1.165) is 43.4 Å². The molecule has 176 valence electrons. The Labute approximate surface area is 190 Å². The Morgan fingerprint density at radius 1 is 1.34 bits per heavy atom. The number of anilines is 2. The van der Waals surface area contributed by atoms with Gasteiger partial charge in [-0.2, -0.15) is 4.37 Å². The quantitative estimate of drug-likeness (QED) is 0.430. The van der Waals surface area contributed by atoms with Crippen LogP contribution in [0.5, 0.6) is 0 Å². The summed E-state index contributed by atoms with van der Waals surface area (Å²) in [6.07, 6.45) is 5.70. The highest BCUT2D eigenvalue weighted by molar-refractivity contribution is 7.93. The zero-order valence-electron chi connectivity index (χ0n) is 17.8. The lowest BCUT2D eigenvalue weighted by atomic mass is 9.69. The summed E-state index contributed by atoms with van der Waals surface area (Å²) < 4.78 is 59.9. The number of rotatable bonds is 9. The van der Waals surface area contributed by atoms with Crippen LogP contribution in [-0.4, -0.2) is 43.5 Å². The average Bonchev–Trinajstić information content (AvgIpc) is 3.35. The van der Waals surface area contributed by atoms with Crippen molar-refractivity contribution in [1.29, 1.82) is 0 Å². The first-order chi connectivity index (χ1) is 15.2. The Morgan fingerprint density at radius 2 is 2.12 bits per heavy atom. The SMILES string of the molecule is CC(N)C(CNc1cc(F)c(S(=O)(=O)Nc2ncns2)cc1F)CC1CCCC12CNC2. The van der Waals surface area contributed by atoms with Gasteiger partial charge in [0.2, 0.25) is 5.13 Å². The van der Waals surface area contributed by atoms with Crippen molar-refractivity contribution in [2.45, 2.75) is 43.5 Å². The van der Waals surface area contributed by atoms with Crippen LogP contribution in [0.25, 0.3) is 0 Å². The predicted octanol–water partition coefficient (Wildman–Crippen LogP) is 2.77. The van der Waals surface area contributed by atoms with Crippen molar-refractivity contribution in [2.75, 3.05) is 29.7 Å². The highest BCUT2D eigenvalue weighted by Crippen LogP contribution is 2.49. The number of nitrogens with zero attached hydrogens (tertiary/aromatic N) is 2. The summed E-state index contributed by atoms with van der Waals surface area (Å²) in [4.78, 5) is 2.91. The van der Waals surface area contributed by atoms with E-state index in [1.807, 2.05) is 6.92 Å². The van der Waals surface area contributed by atoms with E-state index >= 15 is 0 Å². The van der Waals surface area contributed by atoms with Crippen LogP contribution in [0.3, 0.4) is 0 Å². The van der Waals surface area contributed by atoms with Gasteiger partial charge in [-0.25, -0.2) is 22.2 Å². The van der Waals surface area contributed by atoms with Crippen molar-refractivity contribution in [3.8, 4) is 0 Å². The van der Waals surface area contributed by atoms with Crippen LogP contribution in [0.15, 0.2) is 23.4 Å². The molecule has 1 saturated heterocycles. The molecule has 2 heterocycles. The maximum atomic E-state index is 14.7. The molecule has 1 aromatic carbocycles. The van der Waals surface area contributed by atoms with Gasteiger partial charge in [0.05, 0.1) is 5.69 Å². The summed E-state index contributed by atoms with van der Waals surface area (Å²) >= 11 is 0.794. The third-order valence-electron chi connectivity index (χ3n) is 6.83. The second-order valence-corrected chi connectivity index (χ2v) is 11.3. The Balaban J connectivity index is 1.45. The molecular formula is C20H28F2N6O2S2. The van der Waals surface area contributed by atoms with Crippen LogP contribution in [0.1, 0.15) is 32.6 Å². The minimum absolute atomic E-state index is 0.0295. The van der Waals surface area contributed by atoms with Gasteiger partial charge in [0.15, 0.2) is 0 Å². The molecule has 1 saturated carbocycles. The summed E-state index contributed by atoms with van der Waals surface area (Å²) in [7, 11) is -4.33. The third kappa shape index (κ3) is 4.73. The molecule has 2 aliphatic rings. The lowest BCUT2D eigenvalue weighted by Gasteiger charge is -2.46. The van der Waals surface area contributed by atoms with Gasteiger partial charge in [-0.1, -0.05) is 6.42 Å². The molecule has 0 amide bonds. The smallest absolute Gasteiger partial charge is 0.266 e. The summed E-state index contributed by atoms with van der Waals surface area (Å²) in [5.41, 5.74) is 6.49. The molecule has 32 heavy (non-hydrogen) atoms. The average molecular weight is 487 g/mol. The van der Waals surface area contributed by atoms with Crippen LogP contribution < -0.4 is 21.1 Å². The maximum Gasteiger partial charge on any atom is 0.266 e. The highest BCUT2D eigenvalue weighted by atomic mass is 32.2. The maximum absolute atomic E-state index is 14.7. The fraction of sp³-hybridized carbons (Fsp3) is 0.600. The minimum Gasteiger partial charge on any atom is -0.382 e. The number of benzene rings is 1. The van der Waals surface area contributed by atoms with E-state index in [-0.39, 0.29) is 22.8 Å². The first-order valence-electron chi connectivity index (χ1n) is 10.7. The monoisotopic (exact) mass is 486 g/mol. The van der Waals surface area contributed by atoms with Crippen molar-refractivity contribution in [3.63, 3.8) is 0 Å². The minimum atomic E-state index is -4.33. The lowest BCUT2D eigenvalue weighted by molar-refractivity contribution is 0.0895. The normalized spacial score (nSPS) is 21.8. The Morgan fingerprint density at radius 3 is 2.75 bits per heavy atom. The molecule has 1 spiro atoms. The van der Waals surface area contributed by atoms with Gasteiger partial charge in [-0.3, -0.25) is 4.72 Å². The van der Waals surface area contributed by atoms with Gasteiger partial charge in [-0.15, -0.1) is 0 Å². The number of hydrogen-bond acceptors (Lipinski definition) is 8. The summed E-state index contributed by atoms with van der Waals surface area (Å²) in [5, 5.41) is 6.30. The molecule has 2 fully saturated rings. The Bertz CT molecular complexity index is 1040. The molecule has 3 unspecified atom stereocenters. The van der Waals surface area contributed by atoms with Gasteiger partial charge in [0.25, 0.3) is 10.0 Å². The fourth-order valence-corrected chi connectivity index (χ4v) is 6.57. The standard InChI is InChI=1S/C20H28F2N6O2S2/c1-12(23)13(5-14-3-2-4-20(14)9-24-10-20)8-25-17-6-16(22)18(7-15(17)21)32(29,30)28-19-26-11-27-31-19/h6-7,11-14,24-25H,2-5,8-10,23H2,1H3,(H,26,27,28). The zero-order valence-corrected chi connectivity index (χ0v) is 19.4. The second kappa shape index (κ2) is 9.16. The summed E-state index contributed by atoms with van der Waals surface area (Å²) in [6, 6.07) is 1.43. The number of halogens is 2. The second-order valence-electron chi connectivity index (χ2n) is 8.91. The molecule has 0 radical (unpaired) electrons. The Hall–Kier alpha value is -1.89. The van der Waals surface area contributed by atoms with E-state index < -0.39 is 26.6 Å². The van der Waals surface area contributed by atoms with Crippen LogP contribution in [0.2, 0.25) is 0 Å². The van der Waals surface area contributed by atoms with Crippen LogP contribution in [0, 0.1) is 28.9 Å². The third-order valence-corrected chi connectivity index (χ3v) is 8.89. The van der Waals surface area contributed by atoms with Gasteiger partial charge >= 0.3 is 0 Å². The molecule has 1 aliphatic heterocycles. The molecule has 1 aromatic heterocycles. The van der Waals surface area contributed by atoms with E-state index in [4.69, 9.17) is 5.73 Å². The van der Waals surface area contributed by atoms with E-state index in [0.29, 0.717) is 23.9 Å². The molecule has 5 N–H and O–H groups in total. The first kappa shape index (κ1) is 23.3. The van der Waals surface area contributed by atoms with Crippen molar-refractivity contribution in [2.24, 2.45) is 23.0 Å². The van der Waals surface area contributed by atoms with Gasteiger partial charge in [0, 0.05) is 43.3 Å². The lowest BCUT2D eigenvalue weighted by Crippen LogP contribution is -2.56. The Kier molecular flexibility index (Phi) is 6.66. The molecule has 8 nitrogen and oxygen atoms in total. The largest absolute Gasteiger partial charge is 0.382 e. The molecule has 3 atom stereocenters. The van der Waals surface area contributed by atoms with Gasteiger partial charge in [-0.05, 0) is 49.5 Å². The van der Waals surface area contributed by atoms with Crippen LogP contribution in [0.4, 0.5) is 19.6 Å². The molecule has 2 aromatic rings. The van der Waals surface area contributed by atoms with Crippen LogP contribution >= 0.6 is 11.5 Å². The molecule has 12 heteroatoms. The van der Waals surface area contributed by atoms with Crippen molar-refractivity contribution in [1.82, 2.24) is 14.7 Å². The number of hydrogen-bond donors (Lipinski definition) is 4. The van der Waals surface area contributed by atoms with Gasteiger partial charge in [0.1, 0.15) is 22.9 Å². The summed E-state index contributed by atoms with van der Waals surface area (Å²) in [6.45, 7) is 4.39. The molecule has 4 rings (SSSR count). The fourth-order valence-electron chi connectivity index (χ4n) is 4.84. The van der Waals surface area contributed by atoms with E-state index in [9.17, 15) is 17.2 Å². The topological polar surface area (TPSA) is 122 Å². The number of aromatic nitrogens is 2.